The van der Waals surface area contributed by atoms with E-state index in [-0.39, 0.29) is 0 Å². The fraction of sp³-hybridized carbons (Fsp3) is 0.429. The maximum Gasteiger partial charge on any atom is 0.228 e. The van der Waals surface area contributed by atoms with Crippen LogP contribution in [0.2, 0.25) is 0 Å². The van der Waals surface area contributed by atoms with Gasteiger partial charge >= 0.3 is 0 Å². The van der Waals surface area contributed by atoms with Crippen molar-refractivity contribution in [3.8, 4) is 0 Å². The molecule has 0 spiro atoms. The van der Waals surface area contributed by atoms with E-state index in [0.29, 0.717) is 18.0 Å². The summed E-state index contributed by atoms with van der Waals surface area (Å²) in [4.78, 5) is 14.7. The summed E-state index contributed by atoms with van der Waals surface area (Å²) in [5.74, 6) is 3.17. The van der Waals surface area contributed by atoms with Crippen molar-refractivity contribution in [2.24, 2.45) is 0 Å². The smallest absolute Gasteiger partial charge is 0.228 e. The Kier molecular flexibility index (Phi) is 3.85. The normalized spacial score (nSPS) is 23.3. The Balaban J connectivity index is 1.14. The van der Waals surface area contributed by atoms with E-state index in [0.717, 1.165) is 65.2 Å². The summed E-state index contributed by atoms with van der Waals surface area (Å²) in [6.07, 6.45) is 5.25. The van der Waals surface area contributed by atoms with Crippen LogP contribution < -0.4 is 10.2 Å². The average molecular weight is 435 g/mol. The number of thiophene rings is 1. The first-order valence-electron chi connectivity index (χ1n) is 10.8. The second kappa shape index (κ2) is 6.76. The number of hydrogen-bond donors (Lipinski definition) is 2. The molecule has 4 aromatic heterocycles. The molecule has 3 aliphatic rings. The van der Waals surface area contributed by atoms with Gasteiger partial charge < -0.3 is 14.7 Å². The van der Waals surface area contributed by atoms with Gasteiger partial charge in [0, 0.05) is 49.8 Å². The molecule has 2 N–H and O–H groups in total. The number of H-pyrrole nitrogens is 1. The van der Waals surface area contributed by atoms with Gasteiger partial charge in [-0.1, -0.05) is 5.16 Å². The van der Waals surface area contributed by atoms with Crippen LogP contribution in [-0.2, 0) is 6.54 Å². The minimum Gasteiger partial charge on any atom is -0.364 e. The van der Waals surface area contributed by atoms with Gasteiger partial charge in [0.25, 0.3) is 0 Å². The zero-order valence-corrected chi connectivity index (χ0v) is 17.7. The highest BCUT2D eigenvalue weighted by Crippen LogP contribution is 2.40. The molecule has 4 aromatic rings. The number of rotatable bonds is 6. The number of piperazine rings is 1. The highest BCUT2D eigenvalue weighted by atomic mass is 32.1. The second-order valence-corrected chi connectivity index (χ2v) is 9.64. The van der Waals surface area contributed by atoms with E-state index < -0.39 is 0 Å². The number of nitrogens with one attached hydrogen (secondary N) is 2. The maximum absolute atomic E-state index is 4.99. The largest absolute Gasteiger partial charge is 0.364 e. The lowest BCUT2D eigenvalue weighted by Gasteiger charge is -2.33. The van der Waals surface area contributed by atoms with Crippen LogP contribution in [0.5, 0.6) is 0 Å². The molecule has 2 atom stereocenters. The molecule has 1 aliphatic carbocycles. The third-order valence-corrected chi connectivity index (χ3v) is 7.52. The van der Waals surface area contributed by atoms with Crippen molar-refractivity contribution in [1.82, 2.24) is 30.2 Å². The molecule has 2 unspecified atom stereocenters. The molecule has 31 heavy (non-hydrogen) atoms. The van der Waals surface area contributed by atoms with Gasteiger partial charge in [-0.25, -0.2) is 4.98 Å². The summed E-state index contributed by atoms with van der Waals surface area (Å²) in [6.45, 7) is 2.77. The fourth-order valence-electron chi connectivity index (χ4n) is 4.90. The predicted octanol–water partition coefficient (Wildman–Crippen LogP) is 3.49. The topological polar surface area (TPSA) is 99.0 Å². The highest BCUT2D eigenvalue weighted by molar-refractivity contribution is 7.17. The van der Waals surface area contributed by atoms with Gasteiger partial charge in [0.05, 0.1) is 21.6 Å². The molecular weight excluding hydrogens is 412 g/mol. The Labute approximate surface area is 182 Å². The fourth-order valence-corrected chi connectivity index (χ4v) is 5.67. The first-order chi connectivity index (χ1) is 15.3. The van der Waals surface area contributed by atoms with Gasteiger partial charge in [0.2, 0.25) is 5.95 Å². The number of fused-ring (bicyclic) bond motifs is 3. The molecule has 158 valence electrons. The summed E-state index contributed by atoms with van der Waals surface area (Å²) >= 11 is 1.66. The molecule has 2 aliphatic heterocycles. The van der Waals surface area contributed by atoms with Gasteiger partial charge in [-0.15, -0.1) is 11.3 Å². The summed E-state index contributed by atoms with van der Waals surface area (Å²) in [7, 11) is 0. The Morgan fingerprint density at radius 1 is 1.19 bits per heavy atom. The molecular formula is C21H22N8OS. The van der Waals surface area contributed by atoms with Crippen LogP contribution in [0.15, 0.2) is 34.4 Å². The van der Waals surface area contributed by atoms with E-state index in [4.69, 9.17) is 14.5 Å². The van der Waals surface area contributed by atoms with E-state index in [1.54, 1.807) is 17.6 Å². The Hall–Kier alpha value is -2.98. The number of aromatic amines is 1. The van der Waals surface area contributed by atoms with Gasteiger partial charge in [-0.2, -0.15) is 10.1 Å². The van der Waals surface area contributed by atoms with Crippen molar-refractivity contribution in [2.75, 3.05) is 23.3 Å². The number of likely N-dealkylation sites (tertiary alicyclic amines) is 1. The number of aromatic nitrogens is 5. The molecule has 9 nitrogen and oxygen atoms in total. The van der Waals surface area contributed by atoms with Crippen LogP contribution >= 0.6 is 11.3 Å². The summed E-state index contributed by atoms with van der Waals surface area (Å²) < 4.78 is 6.06. The number of hydrogen-bond acceptors (Lipinski definition) is 9. The quantitative estimate of drug-likeness (QED) is 0.476. The van der Waals surface area contributed by atoms with Gasteiger partial charge in [-0.3, -0.25) is 10.00 Å². The zero-order valence-electron chi connectivity index (χ0n) is 16.9. The molecule has 0 amide bonds. The van der Waals surface area contributed by atoms with Crippen molar-refractivity contribution < 1.29 is 4.52 Å². The van der Waals surface area contributed by atoms with Crippen molar-refractivity contribution >= 4 is 39.1 Å². The molecule has 7 rings (SSSR count). The average Bonchev–Trinajstić information content (AvgIpc) is 3.32. The number of nitrogens with zero attached hydrogens (tertiary/aromatic N) is 6. The van der Waals surface area contributed by atoms with E-state index in [1.165, 1.54) is 12.8 Å². The van der Waals surface area contributed by atoms with Crippen molar-refractivity contribution in [1.29, 1.82) is 0 Å². The van der Waals surface area contributed by atoms with E-state index >= 15 is 0 Å². The second-order valence-electron chi connectivity index (χ2n) is 8.73. The first kappa shape index (κ1) is 17.7. The SMILES string of the molecule is c1cc(CN2CC3CC2CN3c2nc(Nc3cc(C4CC4)n[nH]3)c3sccc3n2)no1. The summed E-state index contributed by atoms with van der Waals surface area (Å²) in [5.41, 5.74) is 3.12. The molecule has 0 aromatic carbocycles. The van der Waals surface area contributed by atoms with Crippen molar-refractivity contribution in [2.45, 2.75) is 43.8 Å². The highest BCUT2D eigenvalue weighted by Gasteiger charge is 2.44. The minimum absolute atomic E-state index is 0.425. The van der Waals surface area contributed by atoms with Crippen LogP contribution in [0, 0.1) is 0 Å². The van der Waals surface area contributed by atoms with Crippen molar-refractivity contribution in [3.05, 3.63) is 41.2 Å². The van der Waals surface area contributed by atoms with Crippen LogP contribution in [0.1, 0.15) is 36.6 Å². The molecule has 10 heteroatoms. The Morgan fingerprint density at radius 2 is 2.16 bits per heavy atom. The first-order valence-corrected chi connectivity index (χ1v) is 11.7. The van der Waals surface area contributed by atoms with Gasteiger partial charge in [0.1, 0.15) is 12.1 Å². The lowest BCUT2D eigenvalue weighted by Crippen LogP contribution is -2.46. The molecule has 2 saturated heterocycles. The van der Waals surface area contributed by atoms with Crippen LogP contribution in [0.4, 0.5) is 17.6 Å². The van der Waals surface area contributed by atoms with E-state index in [1.807, 2.05) is 6.07 Å². The summed E-state index contributed by atoms with van der Waals surface area (Å²) in [5, 5.41) is 17.2. The molecule has 2 bridgehead atoms. The van der Waals surface area contributed by atoms with Gasteiger partial charge in [0.15, 0.2) is 5.82 Å². The van der Waals surface area contributed by atoms with Gasteiger partial charge in [-0.05, 0) is 30.7 Å². The summed E-state index contributed by atoms with van der Waals surface area (Å²) in [6, 6.07) is 7.05. The monoisotopic (exact) mass is 434 g/mol. The third kappa shape index (κ3) is 3.09. The zero-order chi connectivity index (χ0) is 20.4. The van der Waals surface area contributed by atoms with Crippen LogP contribution in [0.3, 0.4) is 0 Å². The minimum atomic E-state index is 0.425. The lowest BCUT2D eigenvalue weighted by molar-refractivity contribution is 0.223. The van der Waals surface area contributed by atoms with E-state index in [2.05, 4.69) is 48.0 Å². The predicted molar refractivity (Wildman–Crippen MR) is 118 cm³/mol. The molecule has 0 radical (unpaired) electrons. The molecule has 3 fully saturated rings. The molecule has 6 heterocycles. The van der Waals surface area contributed by atoms with Crippen LogP contribution in [0.25, 0.3) is 10.2 Å². The van der Waals surface area contributed by atoms with E-state index in [9.17, 15) is 0 Å². The lowest BCUT2D eigenvalue weighted by atomic mass is 10.2. The molecule has 1 saturated carbocycles. The Morgan fingerprint density at radius 3 is 2.97 bits per heavy atom. The number of anilines is 3. The third-order valence-electron chi connectivity index (χ3n) is 6.61. The maximum atomic E-state index is 4.99. The van der Waals surface area contributed by atoms with Crippen molar-refractivity contribution in [3.63, 3.8) is 0 Å². The standard InChI is InChI=1S/C21H22N8OS/c1-2-12(1)17-8-18(26-25-17)23-20-19-16(4-6-31-19)22-21(24-20)29-11-14-7-15(29)10-28(14)9-13-3-5-30-27-13/h3-6,8,12,14-15H,1-2,7,9-11H2,(H2,22,23,24,25,26). The van der Waals surface area contributed by atoms with Crippen LogP contribution in [-0.4, -0.2) is 55.4 Å². The Bertz CT molecular complexity index is 1230.